The molecule has 0 saturated carbocycles. The van der Waals surface area contributed by atoms with Crippen LogP contribution in [0.4, 0.5) is 5.69 Å². The Morgan fingerprint density at radius 1 is 1.30 bits per heavy atom. The van der Waals surface area contributed by atoms with Crippen molar-refractivity contribution in [2.45, 2.75) is 13.0 Å². The molecule has 1 atom stereocenters. The maximum Gasteiger partial charge on any atom is 0.338 e. The minimum Gasteiger partial charge on any atom is -0.467 e. The number of non-ortho nitro benzene ring substituents is 1. The highest BCUT2D eigenvalue weighted by Crippen LogP contribution is 2.13. The standard InChI is InChI=1S/C15H14N2O6/c1-10(13-3-2-8-22-13)16-14(18)9-23-15(19)11-4-6-12(7-5-11)17(20)21/h2-8,10H,9H2,1H3,(H,16,18)/t10-/m0/s1. The Morgan fingerprint density at radius 2 is 2.00 bits per heavy atom. The number of nitro groups is 1. The van der Waals surface area contributed by atoms with Crippen LogP contribution in [0.2, 0.25) is 0 Å². The van der Waals surface area contributed by atoms with Crippen molar-refractivity contribution in [3.63, 3.8) is 0 Å². The number of carbonyl (C=O) groups excluding carboxylic acids is 2. The van der Waals surface area contributed by atoms with Crippen LogP contribution in [0, 0.1) is 10.1 Å². The van der Waals surface area contributed by atoms with E-state index in [1.807, 2.05) is 0 Å². The molecule has 2 rings (SSSR count). The zero-order valence-corrected chi connectivity index (χ0v) is 12.2. The zero-order valence-electron chi connectivity index (χ0n) is 12.2. The molecule has 0 spiro atoms. The molecule has 0 fully saturated rings. The van der Waals surface area contributed by atoms with Crippen LogP contribution >= 0.6 is 0 Å². The Hall–Kier alpha value is -3.16. The van der Waals surface area contributed by atoms with Gasteiger partial charge in [0.25, 0.3) is 11.6 Å². The van der Waals surface area contributed by atoms with Gasteiger partial charge in [-0.05, 0) is 31.2 Å². The number of nitrogens with one attached hydrogen (secondary N) is 1. The van der Waals surface area contributed by atoms with Gasteiger partial charge in [0.05, 0.1) is 22.8 Å². The smallest absolute Gasteiger partial charge is 0.338 e. The number of nitrogens with zero attached hydrogens (tertiary/aromatic N) is 1. The lowest BCUT2D eigenvalue weighted by atomic mass is 10.2. The summed E-state index contributed by atoms with van der Waals surface area (Å²) in [4.78, 5) is 33.4. The fourth-order valence-electron chi connectivity index (χ4n) is 1.83. The maximum absolute atomic E-state index is 11.8. The van der Waals surface area contributed by atoms with Crippen LogP contribution in [-0.4, -0.2) is 23.4 Å². The second-order valence-corrected chi connectivity index (χ2v) is 4.68. The summed E-state index contributed by atoms with van der Waals surface area (Å²) in [7, 11) is 0. The van der Waals surface area contributed by atoms with Crippen molar-refractivity contribution in [3.05, 3.63) is 64.1 Å². The minimum atomic E-state index is -0.735. The third kappa shape index (κ3) is 4.40. The summed E-state index contributed by atoms with van der Waals surface area (Å²) in [6.45, 7) is 1.27. The number of furan rings is 1. The fourth-order valence-corrected chi connectivity index (χ4v) is 1.83. The molecule has 8 nitrogen and oxygen atoms in total. The van der Waals surface area contributed by atoms with Crippen LogP contribution in [0.3, 0.4) is 0 Å². The van der Waals surface area contributed by atoms with E-state index in [0.29, 0.717) is 5.76 Å². The first-order valence-electron chi connectivity index (χ1n) is 6.71. The summed E-state index contributed by atoms with van der Waals surface area (Å²) in [5.41, 5.74) is -0.00551. The van der Waals surface area contributed by atoms with Crippen molar-refractivity contribution in [1.29, 1.82) is 0 Å². The molecule has 1 amide bonds. The van der Waals surface area contributed by atoms with Crippen LogP contribution in [0.5, 0.6) is 0 Å². The first-order chi connectivity index (χ1) is 11.0. The third-order valence-corrected chi connectivity index (χ3v) is 3.00. The Balaban J connectivity index is 1.83. The first kappa shape index (κ1) is 16.2. The van der Waals surface area contributed by atoms with Gasteiger partial charge in [0.1, 0.15) is 5.76 Å². The second kappa shape index (κ2) is 7.21. The summed E-state index contributed by atoms with van der Waals surface area (Å²) in [6, 6.07) is 7.98. The number of esters is 1. The number of rotatable bonds is 6. The molecule has 120 valence electrons. The molecule has 1 aromatic heterocycles. The topological polar surface area (TPSA) is 112 Å². The Kier molecular flexibility index (Phi) is 5.08. The quantitative estimate of drug-likeness (QED) is 0.496. The summed E-state index contributed by atoms with van der Waals surface area (Å²) in [5, 5.41) is 13.1. The molecule has 0 aliphatic rings. The number of amides is 1. The molecule has 0 aliphatic carbocycles. The first-order valence-corrected chi connectivity index (χ1v) is 6.71. The second-order valence-electron chi connectivity index (χ2n) is 4.68. The fraction of sp³-hybridized carbons (Fsp3) is 0.200. The molecule has 1 N–H and O–H groups in total. The van der Waals surface area contributed by atoms with E-state index in [2.05, 4.69) is 5.32 Å². The number of ether oxygens (including phenoxy) is 1. The number of nitro benzene ring substituents is 1. The number of hydrogen-bond acceptors (Lipinski definition) is 6. The van der Waals surface area contributed by atoms with Gasteiger partial charge in [0, 0.05) is 12.1 Å². The van der Waals surface area contributed by atoms with Gasteiger partial charge in [0.2, 0.25) is 0 Å². The lowest BCUT2D eigenvalue weighted by Crippen LogP contribution is -2.30. The van der Waals surface area contributed by atoms with Gasteiger partial charge in [-0.2, -0.15) is 0 Å². The molecule has 0 radical (unpaired) electrons. The van der Waals surface area contributed by atoms with Gasteiger partial charge in [-0.15, -0.1) is 0 Å². The van der Waals surface area contributed by atoms with Crippen molar-refractivity contribution < 1.29 is 23.7 Å². The SMILES string of the molecule is C[C@H](NC(=O)COC(=O)c1ccc([N+](=O)[O-])cc1)c1ccco1. The molecule has 8 heteroatoms. The Bertz CT molecular complexity index is 693. The summed E-state index contributed by atoms with van der Waals surface area (Å²) >= 11 is 0. The monoisotopic (exact) mass is 318 g/mol. The van der Waals surface area contributed by atoms with E-state index in [1.165, 1.54) is 30.5 Å². The van der Waals surface area contributed by atoms with Crippen molar-refractivity contribution in [3.8, 4) is 0 Å². The largest absolute Gasteiger partial charge is 0.467 e. The van der Waals surface area contributed by atoms with E-state index in [4.69, 9.17) is 9.15 Å². The molecule has 0 saturated heterocycles. The van der Waals surface area contributed by atoms with E-state index in [-0.39, 0.29) is 17.3 Å². The molecular weight excluding hydrogens is 304 g/mol. The lowest BCUT2D eigenvalue weighted by molar-refractivity contribution is -0.384. The molecule has 0 bridgehead atoms. The Labute approximate surface area is 131 Å². The average Bonchev–Trinajstić information content (AvgIpc) is 3.07. The van der Waals surface area contributed by atoms with Gasteiger partial charge in [-0.25, -0.2) is 4.79 Å². The van der Waals surface area contributed by atoms with E-state index < -0.39 is 23.4 Å². The predicted molar refractivity (Wildman–Crippen MR) is 78.6 cm³/mol. The van der Waals surface area contributed by atoms with E-state index >= 15 is 0 Å². The van der Waals surface area contributed by atoms with Crippen molar-refractivity contribution in [2.75, 3.05) is 6.61 Å². The Morgan fingerprint density at radius 3 is 2.57 bits per heavy atom. The highest BCUT2D eigenvalue weighted by molar-refractivity contribution is 5.91. The van der Waals surface area contributed by atoms with E-state index in [1.54, 1.807) is 19.1 Å². The van der Waals surface area contributed by atoms with Gasteiger partial charge in [-0.1, -0.05) is 0 Å². The van der Waals surface area contributed by atoms with Crippen LogP contribution in [-0.2, 0) is 9.53 Å². The maximum atomic E-state index is 11.8. The summed E-state index contributed by atoms with van der Waals surface area (Å²) < 4.78 is 10.0. The van der Waals surface area contributed by atoms with Gasteiger partial charge in [-0.3, -0.25) is 14.9 Å². The molecule has 23 heavy (non-hydrogen) atoms. The van der Waals surface area contributed by atoms with Crippen molar-refractivity contribution >= 4 is 17.6 Å². The summed E-state index contributed by atoms with van der Waals surface area (Å²) in [6.07, 6.45) is 1.49. The van der Waals surface area contributed by atoms with Crippen LogP contribution in [0.15, 0.2) is 47.1 Å². The predicted octanol–water partition coefficient (Wildman–Crippen LogP) is 2.22. The third-order valence-electron chi connectivity index (χ3n) is 3.00. The average molecular weight is 318 g/mol. The number of carbonyl (C=O) groups is 2. The molecular formula is C15H14N2O6. The van der Waals surface area contributed by atoms with Crippen molar-refractivity contribution in [1.82, 2.24) is 5.32 Å². The van der Waals surface area contributed by atoms with E-state index in [0.717, 1.165) is 0 Å². The van der Waals surface area contributed by atoms with Crippen LogP contribution < -0.4 is 5.32 Å². The van der Waals surface area contributed by atoms with Gasteiger partial charge in [0.15, 0.2) is 6.61 Å². The van der Waals surface area contributed by atoms with Crippen LogP contribution in [0.1, 0.15) is 29.1 Å². The zero-order chi connectivity index (χ0) is 16.8. The van der Waals surface area contributed by atoms with Gasteiger partial charge >= 0.3 is 5.97 Å². The van der Waals surface area contributed by atoms with E-state index in [9.17, 15) is 19.7 Å². The molecule has 0 unspecified atom stereocenters. The molecule has 0 aliphatic heterocycles. The highest BCUT2D eigenvalue weighted by Gasteiger charge is 2.15. The highest BCUT2D eigenvalue weighted by atomic mass is 16.6. The van der Waals surface area contributed by atoms with Crippen molar-refractivity contribution in [2.24, 2.45) is 0 Å². The number of hydrogen-bond donors (Lipinski definition) is 1. The van der Waals surface area contributed by atoms with Crippen LogP contribution in [0.25, 0.3) is 0 Å². The molecule has 2 aromatic rings. The minimum absolute atomic E-state index is 0.127. The van der Waals surface area contributed by atoms with Gasteiger partial charge < -0.3 is 14.5 Å². The molecule has 1 aromatic carbocycles. The number of benzene rings is 1. The normalized spacial score (nSPS) is 11.5. The summed E-state index contributed by atoms with van der Waals surface area (Å²) in [5.74, 6) is -0.634. The lowest BCUT2D eigenvalue weighted by Gasteiger charge is -2.11. The molecule has 1 heterocycles.